The van der Waals surface area contributed by atoms with Crippen molar-refractivity contribution in [2.75, 3.05) is 0 Å². The number of thiazole rings is 1. The molecule has 0 spiro atoms. The van der Waals surface area contributed by atoms with E-state index in [2.05, 4.69) is 9.97 Å². The summed E-state index contributed by atoms with van der Waals surface area (Å²) in [5.41, 5.74) is 2.52. The highest BCUT2D eigenvalue weighted by Crippen LogP contribution is 2.44. The topological polar surface area (TPSA) is 63.1 Å². The van der Waals surface area contributed by atoms with Gasteiger partial charge in [-0.1, -0.05) is 18.2 Å². The highest BCUT2D eigenvalue weighted by Gasteiger charge is 2.32. The zero-order valence-electron chi connectivity index (χ0n) is 11.1. The summed E-state index contributed by atoms with van der Waals surface area (Å²) in [5.74, 6) is -0.558. The van der Waals surface area contributed by atoms with Crippen molar-refractivity contribution in [2.45, 2.75) is 18.8 Å². The molecule has 2 aromatic heterocycles. The highest BCUT2D eigenvalue weighted by atomic mass is 32.1. The van der Waals surface area contributed by atoms with Crippen molar-refractivity contribution in [2.24, 2.45) is 0 Å². The molecular formula is C16H12N2O2S. The molecule has 0 bridgehead atoms. The van der Waals surface area contributed by atoms with Gasteiger partial charge in [0.05, 0.1) is 11.2 Å². The number of carboxylic acid groups (broad SMARTS) is 1. The number of fused-ring (bicyclic) bond motifs is 1. The van der Waals surface area contributed by atoms with Gasteiger partial charge in [0.1, 0.15) is 9.88 Å². The van der Waals surface area contributed by atoms with Gasteiger partial charge < -0.3 is 5.11 Å². The molecule has 1 aliphatic rings. The first kappa shape index (κ1) is 12.5. The average molecular weight is 296 g/mol. The van der Waals surface area contributed by atoms with Crippen LogP contribution in [0.3, 0.4) is 0 Å². The Bertz CT molecular complexity index is 847. The van der Waals surface area contributed by atoms with Crippen molar-refractivity contribution in [3.63, 3.8) is 0 Å². The number of carboxylic acids is 1. The van der Waals surface area contributed by atoms with Crippen LogP contribution in [0.5, 0.6) is 0 Å². The van der Waals surface area contributed by atoms with Crippen molar-refractivity contribution in [1.29, 1.82) is 0 Å². The van der Waals surface area contributed by atoms with E-state index >= 15 is 0 Å². The molecule has 5 heteroatoms. The molecule has 21 heavy (non-hydrogen) atoms. The van der Waals surface area contributed by atoms with E-state index in [0.29, 0.717) is 10.8 Å². The first-order chi connectivity index (χ1) is 10.2. The molecule has 4 nitrogen and oxygen atoms in total. The number of aromatic nitrogens is 2. The number of hydrogen-bond donors (Lipinski definition) is 1. The molecule has 104 valence electrons. The van der Waals surface area contributed by atoms with Crippen molar-refractivity contribution in [3.05, 3.63) is 47.1 Å². The monoisotopic (exact) mass is 296 g/mol. The maximum absolute atomic E-state index is 11.4. The molecule has 2 heterocycles. The molecule has 0 amide bonds. The van der Waals surface area contributed by atoms with Crippen LogP contribution in [0, 0.1) is 0 Å². The van der Waals surface area contributed by atoms with E-state index in [-0.39, 0.29) is 0 Å². The summed E-state index contributed by atoms with van der Waals surface area (Å²) >= 11 is 1.25. The number of pyridine rings is 1. The SMILES string of the molecule is O=C(O)c1sc(-c2cccc3cccnc23)nc1C1CC1. The van der Waals surface area contributed by atoms with E-state index in [1.54, 1.807) is 6.20 Å². The van der Waals surface area contributed by atoms with Gasteiger partial charge in [-0.05, 0) is 25.0 Å². The van der Waals surface area contributed by atoms with Crippen LogP contribution < -0.4 is 0 Å². The zero-order valence-corrected chi connectivity index (χ0v) is 11.9. The van der Waals surface area contributed by atoms with Gasteiger partial charge in [-0.2, -0.15) is 0 Å². The van der Waals surface area contributed by atoms with E-state index < -0.39 is 5.97 Å². The molecule has 1 aromatic carbocycles. The molecule has 0 unspecified atom stereocenters. The van der Waals surface area contributed by atoms with Gasteiger partial charge in [-0.3, -0.25) is 4.98 Å². The van der Waals surface area contributed by atoms with Crippen molar-refractivity contribution >= 4 is 28.2 Å². The van der Waals surface area contributed by atoms with Crippen LogP contribution in [0.15, 0.2) is 36.5 Å². The lowest BCUT2D eigenvalue weighted by Gasteiger charge is -2.01. The summed E-state index contributed by atoms with van der Waals surface area (Å²) in [6.07, 6.45) is 3.83. The Kier molecular flexibility index (Phi) is 2.75. The average Bonchev–Trinajstić information content (AvgIpc) is 3.25. The van der Waals surface area contributed by atoms with Crippen molar-refractivity contribution in [1.82, 2.24) is 9.97 Å². The van der Waals surface area contributed by atoms with Crippen LogP contribution in [0.2, 0.25) is 0 Å². The predicted molar refractivity (Wildman–Crippen MR) is 81.8 cm³/mol. The summed E-state index contributed by atoms with van der Waals surface area (Å²) in [5, 5.41) is 11.2. The Labute approximate surface area is 125 Å². The van der Waals surface area contributed by atoms with Gasteiger partial charge in [0.25, 0.3) is 0 Å². The Morgan fingerprint density at radius 2 is 2.05 bits per heavy atom. The summed E-state index contributed by atoms with van der Waals surface area (Å²) in [6.45, 7) is 0. The molecule has 3 aromatic rings. The Morgan fingerprint density at radius 3 is 2.81 bits per heavy atom. The molecule has 0 atom stereocenters. The quantitative estimate of drug-likeness (QED) is 0.795. The largest absolute Gasteiger partial charge is 0.477 e. The fourth-order valence-electron chi connectivity index (χ4n) is 2.51. The predicted octanol–water partition coefficient (Wildman–Crippen LogP) is 3.93. The summed E-state index contributed by atoms with van der Waals surface area (Å²) < 4.78 is 0. The van der Waals surface area contributed by atoms with Crippen molar-refractivity contribution in [3.8, 4) is 10.6 Å². The number of carbonyl (C=O) groups is 1. The molecule has 1 saturated carbocycles. The van der Waals surface area contributed by atoms with E-state index in [4.69, 9.17) is 0 Å². The molecule has 1 N–H and O–H groups in total. The van der Waals surface area contributed by atoms with Crippen LogP contribution in [0.25, 0.3) is 21.5 Å². The van der Waals surface area contributed by atoms with Crippen LogP contribution in [-0.2, 0) is 0 Å². The maximum Gasteiger partial charge on any atom is 0.347 e. The van der Waals surface area contributed by atoms with Gasteiger partial charge >= 0.3 is 5.97 Å². The number of aromatic carboxylic acids is 1. The maximum atomic E-state index is 11.4. The molecule has 0 saturated heterocycles. The first-order valence-electron chi connectivity index (χ1n) is 6.82. The Balaban J connectivity index is 1.93. The normalized spacial score (nSPS) is 14.5. The standard InChI is InChI=1S/C16H12N2O2S/c19-16(20)14-13(10-6-7-10)18-15(21-14)11-5-1-3-9-4-2-8-17-12(9)11/h1-5,8,10H,6-7H2,(H,19,20). The fourth-order valence-corrected chi connectivity index (χ4v) is 3.53. The van der Waals surface area contributed by atoms with E-state index in [0.717, 1.165) is 40.0 Å². The van der Waals surface area contributed by atoms with E-state index in [1.807, 2.05) is 30.3 Å². The number of nitrogens with zero attached hydrogens (tertiary/aromatic N) is 2. The first-order valence-corrected chi connectivity index (χ1v) is 7.64. The molecule has 0 radical (unpaired) electrons. The molecule has 1 fully saturated rings. The van der Waals surface area contributed by atoms with Gasteiger partial charge in [-0.15, -0.1) is 11.3 Å². The number of rotatable bonds is 3. The van der Waals surface area contributed by atoms with Gasteiger partial charge in [0.2, 0.25) is 0 Å². The van der Waals surface area contributed by atoms with Gasteiger partial charge in [0.15, 0.2) is 0 Å². The minimum atomic E-state index is -0.881. The second-order valence-electron chi connectivity index (χ2n) is 5.19. The lowest BCUT2D eigenvalue weighted by atomic mass is 10.1. The van der Waals surface area contributed by atoms with E-state index in [1.165, 1.54) is 11.3 Å². The third-order valence-corrected chi connectivity index (χ3v) is 4.77. The molecule has 4 rings (SSSR count). The van der Waals surface area contributed by atoms with Crippen LogP contribution in [0.1, 0.15) is 34.1 Å². The van der Waals surface area contributed by atoms with Crippen LogP contribution in [0.4, 0.5) is 0 Å². The Hall–Kier alpha value is -2.27. The van der Waals surface area contributed by atoms with Crippen LogP contribution >= 0.6 is 11.3 Å². The number of benzene rings is 1. The second kappa shape index (κ2) is 4.63. The third-order valence-electron chi connectivity index (χ3n) is 3.67. The minimum absolute atomic E-state index is 0.323. The van der Waals surface area contributed by atoms with E-state index in [9.17, 15) is 9.90 Å². The third kappa shape index (κ3) is 2.10. The zero-order chi connectivity index (χ0) is 14.4. The van der Waals surface area contributed by atoms with Gasteiger partial charge in [-0.25, -0.2) is 9.78 Å². The van der Waals surface area contributed by atoms with Crippen molar-refractivity contribution < 1.29 is 9.90 Å². The summed E-state index contributed by atoms with van der Waals surface area (Å²) in [7, 11) is 0. The summed E-state index contributed by atoms with van der Waals surface area (Å²) in [6, 6.07) is 9.80. The number of para-hydroxylation sites is 1. The molecular weight excluding hydrogens is 284 g/mol. The highest BCUT2D eigenvalue weighted by molar-refractivity contribution is 7.17. The number of hydrogen-bond acceptors (Lipinski definition) is 4. The van der Waals surface area contributed by atoms with Gasteiger partial charge in [0, 0.05) is 23.1 Å². The minimum Gasteiger partial charge on any atom is -0.477 e. The lowest BCUT2D eigenvalue weighted by molar-refractivity contribution is 0.0700. The smallest absolute Gasteiger partial charge is 0.347 e. The molecule has 0 aliphatic heterocycles. The fraction of sp³-hybridized carbons (Fsp3) is 0.188. The lowest BCUT2D eigenvalue weighted by Crippen LogP contribution is -1.97. The summed E-state index contributed by atoms with van der Waals surface area (Å²) in [4.78, 5) is 20.8. The Morgan fingerprint density at radius 1 is 1.24 bits per heavy atom. The molecule has 1 aliphatic carbocycles. The second-order valence-corrected chi connectivity index (χ2v) is 6.19. The van der Waals surface area contributed by atoms with Crippen LogP contribution in [-0.4, -0.2) is 21.0 Å².